The van der Waals surface area contributed by atoms with Crippen LogP contribution in [0.1, 0.15) is 42.9 Å². The highest BCUT2D eigenvalue weighted by molar-refractivity contribution is 5.75. The van der Waals surface area contributed by atoms with Crippen molar-refractivity contribution in [3.05, 3.63) is 28.8 Å². The van der Waals surface area contributed by atoms with E-state index >= 15 is 0 Å². The summed E-state index contributed by atoms with van der Waals surface area (Å²) in [5.41, 5.74) is 3.67. The molecule has 2 rings (SSSR count). The summed E-state index contributed by atoms with van der Waals surface area (Å²) in [5, 5.41) is 0. The Labute approximate surface area is 133 Å². The summed E-state index contributed by atoms with van der Waals surface area (Å²) < 4.78 is 10.6. The third-order valence-corrected chi connectivity index (χ3v) is 4.62. The van der Waals surface area contributed by atoms with E-state index in [0.29, 0.717) is 6.61 Å². The van der Waals surface area contributed by atoms with E-state index < -0.39 is 0 Å². The Hall–Kier alpha value is -1.55. The second-order valence-electron chi connectivity index (χ2n) is 5.91. The van der Waals surface area contributed by atoms with Crippen LogP contribution >= 0.6 is 0 Å². The second kappa shape index (κ2) is 7.63. The van der Waals surface area contributed by atoms with Gasteiger partial charge in [-0.1, -0.05) is 12.5 Å². The SMILES string of the molecule is CCOC(=O)C1CCCCN1Cc1ccc(OC)c(C)c1C. The lowest BCUT2D eigenvalue weighted by Crippen LogP contribution is -2.45. The van der Waals surface area contributed by atoms with Crippen molar-refractivity contribution in [2.45, 2.75) is 52.6 Å². The minimum atomic E-state index is -0.101. The number of carbonyl (C=O) groups excluding carboxylic acids is 1. The molecular formula is C18H27NO3. The van der Waals surface area contributed by atoms with Crippen LogP contribution in [-0.4, -0.2) is 37.2 Å². The molecule has 1 unspecified atom stereocenters. The van der Waals surface area contributed by atoms with Crippen molar-refractivity contribution >= 4 is 5.97 Å². The Balaban J connectivity index is 2.17. The normalized spacial score (nSPS) is 19.0. The first-order valence-corrected chi connectivity index (χ1v) is 8.12. The Morgan fingerprint density at radius 3 is 2.73 bits per heavy atom. The van der Waals surface area contributed by atoms with E-state index in [1.807, 2.05) is 13.0 Å². The van der Waals surface area contributed by atoms with Crippen LogP contribution < -0.4 is 4.74 Å². The van der Waals surface area contributed by atoms with Crippen LogP contribution in [-0.2, 0) is 16.1 Å². The molecule has 0 bridgehead atoms. The van der Waals surface area contributed by atoms with Crippen molar-refractivity contribution in [3.8, 4) is 5.75 Å². The standard InChI is InChI=1S/C18H27NO3/c1-5-22-18(20)16-8-6-7-11-19(16)12-15-9-10-17(21-4)14(3)13(15)2/h9-10,16H,5-8,11-12H2,1-4H3. The van der Waals surface area contributed by atoms with E-state index in [1.165, 1.54) is 16.7 Å². The van der Waals surface area contributed by atoms with Gasteiger partial charge in [0.05, 0.1) is 13.7 Å². The predicted molar refractivity (Wildman–Crippen MR) is 87.2 cm³/mol. The van der Waals surface area contributed by atoms with Gasteiger partial charge in [0.2, 0.25) is 0 Å². The van der Waals surface area contributed by atoms with Crippen LogP contribution in [0.25, 0.3) is 0 Å². The highest BCUT2D eigenvalue weighted by Gasteiger charge is 2.30. The van der Waals surface area contributed by atoms with Crippen LogP contribution in [0, 0.1) is 13.8 Å². The summed E-state index contributed by atoms with van der Waals surface area (Å²) in [6, 6.07) is 4.02. The van der Waals surface area contributed by atoms with E-state index in [0.717, 1.165) is 38.1 Å². The number of ether oxygens (including phenoxy) is 2. The third-order valence-electron chi connectivity index (χ3n) is 4.62. The lowest BCUT2D eigenvalue weighted by Gasteiger charge is -2.34. The molecule has 1 aromatic carbocycles. The molecule has 0 aromatic heterocycles. The number of hydrogen-bond donors (Lipinski definition) is 0. The van der Waals surface area contributed by atoms with Crippen molar-refractivity contribution in [2.75, 3.05) is 20.3 Å². The predicted octanol–water partition coefficient (Wildman–Crippen LogP) is 3.23. The van der Waals surface area contributed by atoms with Gasteiger partial charge in [-0.15, -0.1) is 0 Å². The Morgan fingerprint density at radius 1 is 1.27 bits per heavy atom. The number of rotatable bonds is 5. The molecule has 1 aliphatic rings. The minimum Gasteiger partial charge on any atom is -0.496 e. The summed E-state index contributed by atoms with van der Waals surface area (Å²) >= 11 is 0. The quantitative estimate of drug-likeness (QED) is 0.783. The molecule has 0 spiro atoms. The number of benzene rings is 1. The molecule has 1 heterocycles. The van der Waals surface area contributed by atoms with Gasteiger partial charge >= 0.3 is 5.97 Å². The number of nitrogens with zero attached hydrogens (tertiary/aromatic N) is 1. The van der Waals surface area contributed by atoms with Crippen LogP contribution in [0.4, 0.5) is 0 Å². The highest BCUT2D eigenvalue weighted by Crippen LogP contribution is 2.27. The van der Waals surface area contributed by atoms with Gasteiger partial charge in [0.25, 0.3) is 0 Å². The van der Waals surface area contributed by atoms with Crippen LogP contribution in [0.15, 0.2) is 12.1 Å². The van der Waals surface area contributed by atoms with Crippen molar-refractivity contribution < 1.29 is 14.3 Å². The molecule has 1 aliphatic heterocycles. The highest BCUT2D eigenvalue weighted by atomic mass is 16.5. The first-order chi connectivity index (χ1) is 10.6. The fraction of sp³-hybridized carbons (Fsp3) is 0.611. The van der Waals surface area contributed by atoms with Gasteiger partial charge in [0.1, 0.15) is 11.8 Å². The first-order valence-electron chi connectivity index (χ1n) is 8.12. The minimum absolute atomic E-state index is 0.0786. The van der Waals surface area contributed by atoms with Gasteiger partial charge in [-0.05, 0) is 62.9 Å². The van der Waals surface area contributed by atoms with Crippen LogP contribution in [0.3, 0.4) is 0 Å². The molecule has 0 saturated carbocycles. The van der Waals surface area contributed by atoms with E-state index in [2.05, 4.69) is 24.8 Å². The topological polar surface area (TPSA) is 38.8 Å². The fourth-order valence-corrected chi connectivity index (χ4v) is 3.15. The van der Waals surface area contributed by atoms with Crippen molar-refractivity contribution in [1.82, 2.24) is 4.90 Å². The smallest absolute Gasteiger partial charge is 0.323 e. The van der Waals surface area contributed by atoms with E-state index in [-0.39, 0.29) is 12.0 Å². The van der Waals surface area contributed by atoms with Crippen molar-refractivity contribution in [3.63, 3.8) is 0 Å². The summed E-state index contributed by atoms with van der Waals surface area (Å²) in [6.45, 7) is 8.26. The number of carbonyl (C=O) groups is 1. The van der Waals surface area contributed by atoms with Crippen LogP contribution in [0.2, 0.25) is 0 Å². The fourth-order valence-electron chi connectivity index (χ4n) is 3.15. The summed E-state index contributed by atoms with van der Waals surface area (Å²) in [6.07, 6.45) is 3.14. The number of hydrogen-bond acceptors (Lipinski definition) is 4. The van der Waals surface area contributed by atoms with E-state index in [9.17, 15) is 4.79 Å². The maximum atomic E-state index is 12.2. The molecule has 0 amide bonds. The summed E-state index contributed by atoms with van der Waals surface area (Å²) in [7, 11) is 1.70. The molecule has 0 aliphatic carbocycles. The Bertz CT molecular complexity index is 527. The molecule has 1 aromatic rings. The number of esters is 1. The molecule has 22 heavy (non-hydrogen) atoms. The molecule has 4 heteroatoms. The average Bonchev–Trinajstić information content (AvgIpc) is 2.53. The Morgan fingerprint density at radius 2 is 2.05 bits per heavy atom. The molecule has 0 radical (unpaired) electrons. The summed E-state index contributed by atoms with van der Waals surface area (Å²) in [5.74, 6) is 0.840. The molecule has 1 fully saturated rings. The van der Waals surface area contributed by atoms with Gasteiger partial charge in [-0.25, -0.2) is 0 Å². The van der Waals surface area contributed by atoms with Gasteiger partial charge in [-0.3, -0.25) is 9.69 Å². The molecule has 1 atom stereocenters. The van der Waals surface area contributed by atoms with E-state index in [1.54, 1.807) is 7.11 Å². The monoisotopic (exact) mass is 305 g/mol. The lowest BCUT2D eigenvalue weighted by molar-refractivity contribution is -0.151. The van der Waals surface area contributed by atoms with Gasteiger partial charge in [0.15, 0.2) is 0 Å². The number of piperidine rings is 1. The molecule has 1 saturated heterocycles. The zero-order valence-corrected chi connectivity index (χ0v) is 14.1. The van der Waals surface area contributed by atoms with Gasteiger partial charge < -0.3 is 9.47 Å². The third kappa shape index (κ3) is 3.61. The van der Waals surface area contributed by atoms with E-state index in [4.69, 9.17) is 9.47 Å². The largest absolute Gasteiger partial charge is 0.496 e. The van der Waals surface area contributed by atoms with Crippen molar-refractivity contribution in [2.24, 2.45) is 0 Å². The van der Waals surface area contributed by atoms with Gasteiger partial charge in [-0.2, -0.15) is 0 Å². The van der Waals surface area contributed by atoms with Gasteiger partial charge in [0, 0.05) is 6.54 Å². The second-order valence-corrected chi connectivity index (χ2v) is 5.91. The van der Waals surface area contributed by atoms with Crippen LogP contribution in [0.5, 0.6) is 5.75 Å². The van der Waals surface area contributed by atoms with Crippen molar-refractivity contribution in [1.29, 1.82) is 0 Å². The summed E-state index contributed by atoms with van der Waals surface area (Å²) in [4.78, 5) is 14.4. The zero-order chi connectivity index (χ0) is 16.1. The zero-order valence-electron chi connectivity index (χ0n) is 14.1. The maximum absolute atomic E-state index is 12.2. The first kappa shape index (κ1) is 16.8. The molecule has 4 nitrogen and oxygen atoms in total. The number of methoxy groups -OCH3 is 1. The Kier molecular flexibility index (Phi) is 5.83. The lowest BCUT2D eigenvalue weighted by atomic mass is 9.98. The molecular weight excluding hydrogens is 278 g/mol. The molecule has 0 N–H and O–H groups in total. The average molecular weight is 305 g/mol. The maximum Gasteiger partial charge on any atom is 0.323 e. The molecule has 122 valence electrons. The number of likely N-dealkylation sites (tertiary alicyclic amines) is 1.